The third kappa shape index (κ3) is 1.79. The number of nitrogens with zero attached hydrogens (tertiary/aromatic N) is 4. The van der Waals surface area contributed by atoms with Crippen LogP contribution in [0.3, 0.4) is 0 Å². The number of hydrogen-bond donors (Lipinski definition) is 1. The first-order chi connectivity index (χ1) is 10.2. The Hall–Kier alpha value is -1.92. The molecule has 0 aliphatic rings. The van der Waals surface area contributed by atoms with Gasteiger partial charge in [0.2, 0.25) is 0 Å². The SMILES string of the molecule is CSc1[nH]n2cc(Cl)nc2c1-c1nc2ccccc2n1C. The van der Waals surface area contributed by atoms with Gasteiger partial charge in [-0.2, -0.15) is 0 Å². The molecule has 0 bridgehead atoms. The van der Waals surface area contributed by atoms with E-state index in [0.717, 1.165) is 33.1 Å². The largest absolute Gasteiger partial charge is 0.327 e. The number of nitrogens with one attached hydrogen (secondary N) is 1. The minimum Gasteiger partial charge on any atom is -0.327 e. The first-order valence-electron chi connectivity index (χ1n) is 6.41. The lowest BCUT2D eigenvalue weighted by atomic mass is 10.3. The highest BCUT2D eigenvalue weighted by molar-refractivity contribution is 7.98. The van der Waals surface area contributed by atoms with Gasteiger partial charge in [-0.15, -0.1) is 11.8 Å². The van der Waals surface area contributed by atoms with E-state index < -0.39 is 0 Å². The molecule has 4 aromatic rings. The van der Waals surface area contributed by atoms with E-state index in [-0.39, 0.29) is 0 Å². The summed E-state index contributed by atoms with van der Waals surface area (Å²) in [4.78, 5) is 9.16. The van der Waals surface area contributed by atoms with E-state index in [4.69, 9.17) is 16.6 Å². The summed E-state index contributed by atoms with van der Waals surface area (Å²) >= 11 is 7.64. The van der Waals surface area contributed by atoms with Crippen molar-refractivity contribution < 1.29 is 0 Å². The third-order valence-electron chi connectivity index (χ3n) is 3.56. The van der Waals surface area contributed by atoms with E-state index in [9.17, 15) is 0 Å². The third-order valence-corrected chi connectivity index (χ3v) is 4.45. The lowest BCUT2D eigenvalue weighted by molar-refractivity contribution is 0.907. The zero-order valence-electron chi connectivity index (χ0n) is 11.5. The van der Waals surface area contributed by atoms with Crippen LogP contribution >= 0.6 is 23.4 Å². The first kappa shape index (κ1) is 12.8. The quantitative estimate of drug-likeness (QED) is 0.575. The predicted molar refractivity (Wildman–Crippen MR) is 86.0 cm³/mol. The zero-order valence-corrected chi connectivity index (χ0v) is 13.0. The van der Waals surface area contributed by atoms with Crippen LogP contribution in [0.1, 0.15) is 0 Å². The highest BCUT2D eigenvalue weighted by Gasteiger charge is 2.20. The molecule has 0 aliphatic carbocycles. The standard InChI is InChI=1S/C14H12ClN5S/c1-19-9-6-4-3-5-8(9)16-12(19)11-13-17-10(15)7-20(13)18-14(11)21-2/h3-7,18H,1-2H3. The van der Waals surface area contributed by atoms with Crippen LogP contribution in [0.15, 0.2) is 35.5 Å². The number of aryl methyl sites for hydroxylation is 1. The Labute approximate surface area is 129 Å². The maximum absolute atomic E-state index is 6.01. The summed E-state index contributed by atoms with van der Waals surface area (Å²) in [5, 5.41) is 4.77. The average molecular weight is 318 g/mol. The Morgan fingerprint density at radius 3 is 2.81 bits per heavy atom. The molecule has 3 aromatic heterocycles. The molecule has 0 spiro atoms. The fraction of sp³-hybridized carbons (Fsp3) is 0.143. The number of rotatable bonds is 2. The summed E-state index contributed by atoms with van der Waals surface area (Å²) in [5.41, 5.74) is 3.84. The van der Waals surface area contributed by atoms with Crippen molar-refractivity contribution in [3.63, 3.8) is 0 Å². The number of imidazole rings is 2. The number of hydrogen-bond acceptors (Lipinski definition) is 3. The van der Waals surface area contributed by atoms with Crippen LogP contribution in [-0.2, 0) is 7.05 Å². The number of aromatic nitrogens is 5. The minimum atomic E-state index is 0.467. The minimum absolute atomic E-state index is 0.467. The van der Waals surface area contributed by atoms with Crippen LogP contribution in [0, 0.1) is 0 Å². The van der Waals surface area contributed by atoms with Crippen molar-refractivity contribution in [3.05, 3.63) is 35.6 Å². The van der Waals surface area contributed by atoms with Crippen molar-refractivity contribution >= 4 is 40.0 Å². The van der Waals surface area contributed by atoms with Crippen LogP contribution in [0.2, 0.25) is 5.15 Å². The van der Waals surface area contributed by atoms with Crippen LogP contribution in [-0.4, -0.2) is 30.4 Å². The van der Waals surface area contributed by atoms with Crippen molar-refractivity contribution in [3.8, 4) is 11.4 Å². The zero-order chi connectivity index (χ0) is 14.6. The highest BCUT2D eigenvalue weighted by Crippen LogP contribution is 2.34. The molecule has 0 aliphatic heterocycles. The van der Waals surface area contributed by atoms with Crippen molar-refractivity contribution in [2.45, 2.75) is 5.03 Å². The highest BCUT2D eigenvalue weighted by atomic mass is 35.5. The second-order valence-corrected chi connectivity index (χ2v) is 5.96. The smallest absolute Gasteiger partial charge is 0.166 e. The topological polar surface area (TPSA) is 50.9 Å². The summed E-state index contributed by atoms with van der Waals surface area (Å²) in [6, 6.07) is 8.09. The Bertz CT molecular complexity index is 965. The molecular formula is C14H12ClN5S. The van der Waals surface area contributed by atoms with Gasteiger partial charge in [0.1, 0.15) is 16.0 Å². The fourth-order valence-electron chi connectivity index (χ4n) is 2.60. The molecule has 0 saturated heterocycles. The van der Waals surface area contributed by atoms with Crippen LogP contribution in [0.5, 0.6) is 0 Å². The number of aromatic amines is 1. The second-order valence-electron chi connectivity index (χ2n) is 4.76. The number of halogens is 1. The number of fused-ring (bicyclic) bond motifs is 2. The van der Waals surface area contributed by atoms with E-state index in [1.54, 1.807) is 18.0 Å². The van der Waals surface area contributed by atoms with Gasteiger partial charge < -0.3 is 4.57 Å². The van der Waals surface area contributed by atoms with Gasteiger partial charge in [0, 0.05) is 7.05 Å². The summed E-state index contributed by atoms with van der Waals surface area (Å²) < 4.78 is 3.92. The maximum Gasteiger partial charge on any atom is 0.166 e. The van der Waals surface area contributed by atoms with Gasteiger partial charge in [0.05, 0.1) is 22.8 Å². The average Bonchev–Trinajstić information content (AvgIpc) is 3.09. The van der Waals surface area contributed by atoms with E-state index in [0.29, 0.717) is 5.15 Å². The van der Waals surface area contributed by atoms with Gasteiger partial charge in [-0.25, -0.2) is 14.5 Å². The van der Waals surface area contributed by atoms with Gasteiger partial charge >= 0.3 is 0 Å². The molecule has 1 N–H and O–H groups in total. The lowest BCUT2D eigenvalue weighted by Crippen LogP contribution is -1.93. The van der Waals surface area contributed by atoms with Gasteiger partial charge in [-0.1, -0.05) is 23.7 Å². The lowest BCUT2D eigenvalue weighted by Gasteiger charge is -2.02. The molecule has 1 aromatic carbocycles. The Morgan fingerprint density at radius 1 is 1.24 bits per heavy atom. The maximum atomic E-state index is 6.01. The van der Waals surface area contributed by atoms with Crippen molar-refractivity contribution in [1.82, 2.24) is 24.1 Å². The number of benzene rings is 1. The summed E-state index contributed by atoms with van der Waals surface area (Å²) in [7, 11) is 2.02. The van der Waals surface area contributed by atoms with Gasteiger partial charge in [0.15, 0.2) is 5.65 Å². The van der Waals surface area contributed by atoms with Crippen molar-refractivity contribution in [2.24, 2.45) is 7.05 Å². The van der Waals surface area contributed by atoms with Crippen molar-refractivity contribution in [1.29, 1.82) is 0 Å². The summed E-state index contributed by atoms with van der Waals surface area (Å²) in [6.45, 7) is 0. The van der Waals surface area contributed by atoms with Gasteiger partial charge in [-0.3, -0.25) is 5.10 Å². The normalized spacial score (nSPS) is 11.8. The first-order valence-corrected chi connectivity index (χ1v) is 8.01. The van der Waals surface area contributed by atoms with E-state index in [1.807, 2.05) is 36.0 Å². The van der Waals surface area contributed by atoms with Gasteiger partial charge in [-0.05, 0) is 18.4 Å². The second kappa shape index (κ2) is 4.54. The van der Waals surface area contributed by atoms with Crippen LogP contribution in [0.4, 0.5) is 0 Å². The van der Waals surface area contributed by atoms with E-state index >= 15 is 0 Å². The molecule has 0 fully saturated rings. The van der Waals surface area contributed by atoms with Crippen molar-refractivity contribution in [2.75, 3.05) is 6.26 Å². The molecule has 7 heteroatoms. The predicted octanol–water partition coefficient (Wildman–Crippen LogP) is 3.59. The van der Waals surface area contributed by atoms with E-state index in [1.165, 1.54) is 0 Å². The number of thioether (sulfide) groups is 1. The van der Waals surface area contributed by atoms with Crippen LogP contribution in [0.25, 0.3) is 28.1 Å². The molecule has 0 amide bonds. The van der Waals surface area contributed by atoms with Crippen LogP contribution < -0.4 is 0 Å². The summed E-state index contributed by atoms with van der Waals surface area (Å²) in [5.74, 6) is 0.883. The Balaban J connectivity index is 2.09. The molecular weight excluding hydrogens is 306 g/mol. The summed E-state index contributed by atoms with van der Waals surface area (Å²) in [6.07, 6.45) is 3.79. The number of para-hydroxylation sites is 2. The molecule has 0 radical (unpaired) electrons. The monoisotopic (exact) mass is 317 g/mol. The molecule has 0 unspecified atom stereocenters. The molecule has 0 atom stereocenters. The Kier molecular flexibility index (Phi) is 2.77. The molecule has 21 heavy (non-hydrogen) atoms. The molecule has 106 valence electrons. The molecule has 0 saturated carbocycles. The van der Waals surface area contributed by atoms with Gasteiger partial charge in [0.25, 0.3) is 0 Å². The Morgan fingerprint density at radius 2 is 2.05 bits per heavy atom. The fourth-order valence-corrected chi connectivity index (χ4v) is 3.35. The number of H-pyrrole nitrogens is 1. The molecule has 4 rings (SSSR count). The molecule has 5 nitrogen and oxygen atoms in total. The van der Waals surface area contributed by atoms with E-state index in [2.05, 4.69) is 20.7 Å². The molecule has 3 heterocycles.